The van der Waals surface area contributed by atoms with Crippen molar-refractivity contribution < 1.29 is 4.79 Å². The van der Waals surface area contributed by atoms with Gasteiger partial charge in [0, 0.05) is 34.2 Å². The molecule has 7 heteroatoms. The second-order valence-electron chi connectivity index (χ2n) is 5.87. The third-order valence-corrected chi connectivity index (χ3v) is 4.99. The number of amides is 2. The number of rotatable bonds is 2. The largest absolute Gasteiger partial charge is 0.354 e. The lowest BCUT2D eigenvalue weighted by atomic mass is 10.0. The highest BCUT2D eigenvalue weighted by atomic mass is 32.1. The maximum Gasteiger partial charge on any atom is 0.319 e. The van der Waals surface area contributed by atoms with Crippen LogP contribution in [0.1, 0.15) is 12.8 Å². The van der Waals surface area contributed by atoms with Crippen LogP contribution in [0.15, 0.2) is 17.8 Å². The fraction of sp³-hybridized carbons (Fsp3) is 0.533. The molecule has 0 bridgehead atoms. The lowest BCUT2D eigenvalue weighted by Crippen LogP contribution is -2.51. The molecule has 2 aromatic rings. The minimum absolute atomic E-state index is 0.0511. The van der Waals surface area contributed by atoms with Crippen LogP contribution < -0.4 is 4.90 Å². The van der Waals surface area contributed by atoms with Crippen LogP contribution in [-0.4, -0.2) is 66.1 Å². The second kappa shape index (κ2) is 6.08. The molecule has 6 nitrogen and oxygen atoms in total. The minimum atomic E-state index is 0.0511. The number of fused-ring (bicyclic) bond motifs is 1. The van der Waals surface area contributed by atoms with Crippen molar-refractivity contribution in [1.82, 2.24) is 19.8 Å². The summed E-state index contributed by atoms with van der Waals surface area (Å²) >= 11 is 1.63. The first-order valence-corrected chi connectivity index (χ1v) is 8.33. The SMILES string of the molecule is CN(C)C(=O)N(C)C1CCCN(c2ncnc3sccc23)C1. The van der Waals surface area contributed by atoms with Crippen LogP contribution in [0.5, 0.6) is 0 Å². The fourth-order valence-corrected chi connectivity index (χ4v) is 3.69. The van der Waals surface area contributed by atoms with Crippen molar-refractivity contribution in [3.63, 3.8) is 0 Å². The summed E-state index contributed by atoms with van der Waals surface area (Å²) in [5.41, 5.74) is 0. The first-order chi connectivity index (χ1) is 10.6. The molecule has 1 unspecified atom stereocenters. The van der Waals surface area contributed by atoms with Crippen molar-refractivity contribution in [2.75, 3.05) is 39.1 Å². The van der Waals surface area contributed by atoms with Gasteiger partial charge in [0.25, 0.3) is 0 Å². The number of piperidine rings is 1. The number of carbonyl (C=O) groups excluding carboxylic acids is 1. The average molecular weight is 319 g/mol. The second-order valence-corrected chi connectivity index (χ2v) is 6.76. The predicted octanol–water partition coefficient (Wildman–Crippen LogP) is 2.27. The number of anilines is 1. The molecule has 1 aliphatic rings. The van der Waals surface area contributed by atoms with E-state index in [9.17, 15) is 4.79 Å². The van der Waals surface area contributed by atoms with E-state index in [1.54, 1.807) is 36.7 Å². The Morgan fingerprint density at radius 3 is 2.95 bits per heavy atom. The van der Waals surface area contributed by atoms with Crippen molar-refractivity contribution in [2.24, 2.45) is 0 Å². The lowest BCUT2D eigenvalue weighted by molar-refractivity contribution is 0.157. The predicted molar refractivity (Wildman–Crippen MR) is 89.5 cm³/mol. The van der Waals surface area contributed by atoms with Crippen LogP contribution in [0.4, 0.5) is 10.6 Å². The number of nitrogens with zero attached hydrogens (tertiary/aromatic N) is 5. The van der Waals surface area contributed by atoms with Crippen molar-refractivity contribution in [3.05, 3.63) is 17.8 Å². The Bertz CT molecular complexity index is 671. The summed E-state index contributed by atoms with van der Waals surface area (Å²) in [6, 6.07) is 2.34. The van der Waals surface area contributed by atoms with Crippen LogP contribution in [0.2, 0.25) is 0 Å². The Kier molecular flexibility index (Phi) is 4.15. The summed E-state index contributed by atoms with van der Waals surface area (Å²) in [6.45, 7) is 1.79. The molecule has 0 aromatic carbocycles. The maximum atomic E-state index is 12.2. The van der Waals surface area contributed by atoms with Gasteiger partial charge in [0.15, 0.2) is 0 Å². The van der Waals surface area contributed by atoms with Gasteiger partial charge in [-0.25, -0.2) is 14.8 Å². The van der Waals surface area contributed by atoms with Crippen LogP contribution in [-0.2, 0) is 0 Å². The topological polar surface area (TPSA) is 52.6 Å². The van der Waals surface area contributed by atoms with Gasteiger partial charge >= 0.3 is 6.03 Å². The van der Waals surface area contributed by atoms with Gasteiger partial charge in [0.05, 0.1) is 11.4 Å². The van der Waals surface area contributed by atoms with E-state index < -0.39 is 0 Å². The summed E-state index contributed by atoms with van der Waals surface area (Å²) in [5.74, 6) is 0.988. The fourth-order valence-electron chi connectivity index (χ4n) is 2.96. The Labute approximate surface area is 134 Å². The van der Waals surface area contributed by atoms with Gasteiger partial charge in [-0.05, 0) is 24.3 Å². The van der Waals surface area contributed by atoms with Crippen molar-refractivity contribution in [3.8, 4) is 0 Å². The van der Waals surface area contributed by atoms with E-state index >= 15 is 0 Å². The highest BCUT2D eigenvalue weighted by molar-refractivity contribution is 7.16. The monoisotopic (exact) mass is 319 g/mol. The van der Waals surface area contributed by atoms with E-state index in [0.29, 0.717) is 0 Å². The number of hydrogen-bond acceptors (Lipinski definition) is 5. The zero-order valence-electron chi connectivity index (χ0n) is 13.2. The summed E-state index contributed by atoms with van der Waals surface area (Å²) in [7, 11) is 5.47. The first kappa shape index (κ1) is 15.0. The summed E-state index contributed by atoms with van der Waals surface area (Å²) in [4.78, 5) is 27.7. The number of thiophene rings is 1. The number of aromatic nitrogens is 2. The third-order valence-electron chi connectivity index (χ3n) is 4.17. The number of hydrogen-bond donors (Lipinski definition) is 0. The molecule has 2 amide bonds. The molecule has 0 radical (unpaired) electrons. The third kappa shape index (κ3) is 2.72. The molecule has 1 fully saturated rings. The first-order valence-electron chi connectivity index (χ1n) is 7.45. The standard InChI is InChI=1S/C15H21N5OS/c1-18(2)15(21)19(3)11-5-4-7-20(9-11)13-12-6-8-22-14(12)17-10-16-13/h6,8,10-11H,4-5,7,9H2,1-3H3. The number of likely N-dealkylation sites (N-methyl/N-ethyl adjacent to an activating group) is 1. The molecule has 22 heavy (non-hydrogen) atoms. The molecule has 1 atom stereocenters. The Morgan fingerprint density at radius 2 is 2.18 bits per heavy atom. The molecule has 3 heterocycles. The van der Waals surface area contributed by atoms with E-state index in [2.05, 4.69) is 20.9 Å². The maximum absolute atomic E-state index is 12.2. The number of carbonyl (C=O) groups is 1. The van der Waals surface area contributed by atoms with Crippen LogP contribution in [0.25, 0.3) is 10.2 Å². The summed E-state index contributed by atoms with van der Waals surface area (Å²) in [6.07, 6.45) is 3.72. The van der Waals surface area contributed by atoms with Gasteiger partial charge in [-0.1, -0.05) is 0 Å². The normalized spacial score (nSPS) is 18.5. The van der Waals surface area contributed by atoms with Crippen LogP contribution >= 0.6 is 11.3 Å². The van der Waals surface area contributed by atoms with Crippen molar-refractivity contribution >= 4 is 33.4 Å². The van der Waals surface area contributed by atoms with E-state index in [1.165, 1.54) is 0 Å². The molecular formula is C15H21N5OS. The lowest BCUT2D eigenvalue weighted by Gasteiger charge is -2.39. The van der Waals surface area contributed by atoms with Gasteiger partial charge < -0.3 is 14.7 Å². The molecule has 0 spiro atoms. The average Bonchev–Trinajstić information content (AvgIpc) is 3.02. The van der Waals surface area contributed by atoms with Gasteiger partial charge in [-0.15, -0.1) is 11.3 Å². The van der Waals surface area contributed by atoms with E-state index in [0.717, 1.165) is 42.0 Å². The van der Waals surface area contributed by atoms with Crippen molar-refractivity contribution in [1.29, 1.82) is 0 Å². The summed E-state index contributed by atoms with van der Waals surface area (Å²) in [5, 5.41) is 3.15. The van der Waals surface area contributed by atoms with E-state index in [-0.39, 0.29) is 12.1 Å². The molecular weight excluding hydrogens is 298 g/mol. The molecule has 3 rings (SSSR count). The van der Waals surface area contributed by atoms with Crippen LogP contribution in [0, 0.1) is 0 Å². The molecule has 0 saturated carbocycles. The number of urea groups is 1. The highest BCUT2D eigenvalue weighted by Gasteiger charge is 2.28. The van der Waals surface area contributed by atoms with Gasteiger partial charge in [0.1, 0.15) is 17.0 Å². The van der Waals surface area contributed by atoms with Crippen molar-refractivity contribution in [2.45, 2.75) is 18.9 Å². The smallest absolute Gasteiger partial charge is 0.319 e. The quantitative estimate of drug-likeness (QED) is 0.852. The molecule has 0 aliphatic carbocycles. The minimum Gasteiger partial charge on any atom is -0.354 e. The Hall–Kier alpha value is -1.89. The highest BCUT2D eigenvalue weighted by Crippen LogP contribution is 2.29. The van der Waals surface area contributed by atoms with E-state index in [1.807, 2.05) is 17.3 Å². The van der Waals surface area contributed by atoms with Gasteiger partial charge in [0.2, 0.25) is 0 Å². The molecule has 0 N–H and O–H groups in total. The summed E-state index contributed by atoms with van der Waals surface area (Å²) < 4.78 is 0. The van der Waals surface area contributed by atoms with Gasteiger partial charge in [-0.2, -0.15) is 0 Å². The molecule has 2 aromatic heterocycles. The Balaban J connectivity index is 1.81. The van der Waals surface area contributed by atoms with E-state index in [4.69, 9.17) is 0 Å². The van der Waals surface area contributed by atoms with Gasteiger partial charge in [-0.3, -0.25) is 0 Å². The Morgan fingerprint density at radius 1 is 1.36 bits per heavy atom. The molecule has 1 aliphatic heterocycles. The zero-order valence-corrected chi connectivity index (χ0v) is 14.0. The molecule has 1 saturated heterocycles. The molecule has 118 valence electrons. The zero-order chi connectivity index (χ0) is 15.7. The van der Waals surface area contributed by atoms with Crippen LogP contribution in [0.3, 0.4) is 0 Å².